The summed E-state index contributed by atoms with van der Waals surface area (Å²) in [6.45, 7) is 0. The minimum absolute atomic E-state index is 0.0661. The van der Waals surface area contributed by atoms with Crippen LogP contribution in [0.3, 0.4) is 0 Å². The lowest BCUT2D eigenvalue weighted by Crippen LogP contribution is -2.20. The third-order valence-corrected chi connectivity index (χ3v) is 3.49. The van der Waals surface area contributed by atoms with Gasteiger partial charge in [0.05, 0.1) is 5.92 Å². The van der Waals surface area contributed by atoms with E-state index in [4.69, 9.17) is 11.6 Å². The summed E-state index contributed by atoms with van der Waals surface area (Å²) in [5.41, 5.74) is 0.847. The first kappa shape index (κ1) is 15.4. The fourth-order valence-electron chi connectivity index (χ4n) is 2.12. The van der Waals surface area contributed by atoms with Gasteiger partial charge in [-0.05, 0) is 42.2 Å². The van der Waals surface area contributed by atoms with E-state index in [9.17, 15) is 18.7 Å². The van der Waals surface area contributed by atoms with Crippen molar-refractivity contribution in [3.8, 4) is 0 Å². The molecule has 2 rings (SSSR count). The molecule has 0 fully saturated rings. The normalized spacial score (nSPS) is 12.1. The van der Waals surface area contributed by atoms with Gasteiger partial charge in [-0.3, -0.25) is 4.79 Å². The maximum Gasteiger partial charge on any atom is 0.307 e. The predicted molar refractivity (Wildman–Crippen MR) is 76.3 cm³/mol. The van der Waals surface area contributed by atoms with Crippen LogP contribution in [-0.2, 0) is 17.6 Å². The van der Waals surface area contributed by atoms with E-state index in [1.54, 1.807) is 24.3 Å². The molecule has 1 unspecified atom stereocenters. The van der Waals surface area contributed by atoms with Crippen LogP contribution in [-0.4, -0.2) is 11.1 Å². The van der Waals surface area contributed by atoms with E-state index < -0.39 is 23.5 Å². The Balaban J connectivity index is 2.18. The number of hydrogen-bond donors (Lipinski definition) is 1. The predicted octanol–water partition coefficient (Wildman–Crippen LogP) is 4.10. The Labute approximate surface area is 126 Å². The Hall–Kier alpha value is -1.94. The summed E-state index contributed by atoms with van der Waals surface area (Å²) >= 11 is 5.77. The van der Waals surface area contributed by atoms with Crippen molar-refractivity contribution < 1.29 is 18.7 Å². The van der Waals surface area contributed by atoms with Crippen LogP contribution >= 0.6 is 11.6 Å². The zero-order valence-electron chi connectivity index (χ0n) is 11.0. The number of rotatable bonds is 5. The van der Waals surface area contributed by atoms with Gasteiger partial charge < -0.3 is 5.11 Å². The number of aliphatic carboxylic acids is 1. The lowest BCUT2D eigenvalue weighted by atomic mass is 9.92. The molecule has 0 saturated carbocycles. The van der Waals surface area contributed by atoms with Gasteiger partial charge in [-0.1, -0.05) is 35.9 Å². The molecule has 0 radical (unpaired) electrons. The second-order valence-electron chi connectivity index (χ2n) is 4.78. The molecule has 0 heterocycles. The third kappa shape index (κ3) is 4.02. The minimum atomic E-state index is -1.05. The van der Waals surface area contributed by atoms with Gasteiger partial charge in [0.2, 0.25) is 0 Å². The highest BCUT2D eigenvalue weighted by molar-refractivity contribution is 6.30. The summed E-state index contributed by atoms with van der Waals surface area (Å²) in [4.78, 5) is 11.3. The Bertz CT molecular complexity index is 641. The van der Waals surface area contributed by atoms with E-state index in [0.717, 1.165) is 11.6 Å². The zero-order chi connectivity index (χ0) is 15.4. The number of carboxylic acids is 1. The molecule has 5 heteroatoms. The molecule has 2 nitrogen and oxygen atoms in total. The van der Waals surface area contributed by atoms with E-state index in [-0.39, 0.29) is 18.4 Å². The molecule has 0 aliphatic rings. The number of halogens is 3. The zero-order valence-corrected chi connectivity index (χ0v) is 11.8. The van der Waals surface area contributed by atoms with Crippen LogP contribution < -0.4 is 0 Å². The lowest BCUT2D eigenvalue weighted by molar-refractivity contribution is -0.141. The lowest BCUT2D eigenvalue weighted by Gasteiger charge is -2.13. The van der Waals surface area contributed by atoms with E-state index in [1.807, 2.05) is 0 Å². The number of carbonyl (C=O) groups is 1. The van der Waals surface area contributed by atoms with Crippen molar-refractivity contribution in [1.29, 1.82) is 0 Å². The Morgan fingerprint density at radius 3 is 2.38 bits per heavy atom. The fourth-order valence-corrected chi connectivity index (χ4v) is 2.25. The van der Waals surface area contributed by atoms with Crippen LogP contribution in [0.4, 0.5) is 8.78 Å². The highest BCUT2D eigenvalue weighted by Crippen LogP contribution is 2.20. The van der Waals surface area contributed by atoms with E-state index in [1.165, 1.54) is 12.1 Å². The van der Waals surface area contributed by atoms with Gasteiger partial charge in [0, 0.05) is 5.02 Å². The molecule has 0 aliphatic carbocycles. The summed E-state index contributed by atoms with van der Waals surface area (Å²) in [6.07, 6.45) is 0.157. The van der Waals surface area contributed by atoms with Crippen LogP contribution in [0.1, 0.15) is 11.1 Å². The van der Waals surface area contributed by atoms with Gasteiger partial charge in [-0.15, -0.1) is 0 Å². The number of benzene rings is 2. The summed E-state index contributed by atoms with van der Waals surface area (Å²) in [5, 5.41) is 9.83. The van der Waals surface area contributed by atoms with Crippen LogP contribution in [0.15, 0.2) is 42.5 Å². The van der Waals surface area contributed by atoms with Crippen molar-refractivity contribution in [3.63, 3.8) is 0 Å². The van der Waals surface area contributed by atoms with Crippen molar-refractivity contribution in [2.45, 2.75) is 12.8 Å². The molecule has 0 bridgehead atoms. The summed E-state index contributed by atoms with van der Waals surface area (Å²) in [7, 11) is 0. The van der Waals surface area contributed by atoms with Crippen LogP contribution in [0.5, 0.6) is 0 Å². The minimum Gasteiger partial charge on any atom is -0.481 e. The van der Waals surface area contributed by atoms with Crippen LogP contribution in [0.2, 0.25) is 5.02 Å². The van der Waals surface area contributed by atoms with Gasteiger partial charge in [0.1, 0.15) is 0 Å². The maximum absolute atomic E-state index is 13.6. The molecule has 110 valence electrons. The number of hydrogen-bond acceptors (Lipinski definition) is 1. The largest absolute Gasteiger partial charge is 0.481 e. The van der Waals surface area contributed by atoms with Gasteiger partial charge >= 0.3 is 5.97 Å². The maximum atomic E-state index is 13.6. The van der Waals surface area contributed by atoms with Gasteiger partial charge in [-0.2, -0.15) is 0 Å². The van der Waals surface area contributed by atoms with Crippen molar-refractivity contribution in [2.24, 2.45) is 5.92 Å². The number of carboxylic acid groups (broad SMARTS) is 1. The standard InChI is InChI=1S/C16H13ClF2O2/c17-13-6-4-10(5-7-13)8-12(16(20)21)9-11-2-1-3-14(18)15(11)19/h1-7,12H,8-9H2,(H,20,21). The second-order valence-corrected chi connectivity index (χ2v) is 5.22. The molecule has 21 heavy (non-hydrogen) atoms. The van der Waals surface area contributed by atoms with Crippen molar-refractivity contribution in [1.82, 2.24) is 0 Å². The van der Waals surface area contributed by atoms with Gasteiger partial charge in [0.25, 0.3) is 0 Å². The first-order valence-electron chi connectivity index (χ1n) is 6.37. The van der Waals surface area contributed by atoms with E-state index in [2.05, 4.69) is 0 Å². The molecule has 2 aromatic rings. The van der Waals surface area contributed by atoms with E-state index in [0.29, 0.717) is 5.02 Å². The van der Waals surface area contributed by atoms with Gasteiger partial charge in [-0.25, -0.2) is 8.78 Å². The molecule has 1 N–H and O–H groups in total. The monoisotopic (exact) mass is 310 g/mol. The summed E-state index contributed by atoms with van der Waals surface area (Å²) in [5.74, 6) is -3.83. The highest BCUT2D eigenvalue weighted by atomic mass is 35.5. The molecule has 0 aliphatic heterocycles. The van der Waals surface area contributed by atoms with Crippen molar-refractivity contribution in [2.75, 3.05) is 0 Å². The summed E-state index contributed by atoms with van der Waals surface area (Å²) in [6, 6.07) is 10.6. The quantitative estimate of drug-likeness (QED) is 0.902. The Morgan fingerprint density at radius 2 is 1.76 bits per heavy atom. The molecular weight excluding hydrogens is 298 g/mol. The third-order valence-electron chi connectivity index (χ3n) is 3.24. The smallest absolute Gasteiger partial charge is 0.307 e. The highest BCUT2D eigenvalue weighted by Gasteiger charge is 2.21. The Kier molecular flexibility index (Phi) is 4.91. The fraction of sp³-hybridized carbons (Fsp3) is 0.188. The first-order chi connectivity index (χ1) is 9.97. The summed E-state index contributed by atoms with van der Waals surface area (Å²) < 4.78 is 26.8. The SMILES string of the molecule is O=C(O)C(Cc1ccc(Cl)cc1)Cc1cccc(F)c1F. The van der Waals surface area contributed by atoms with E-state index >= 15 is 0 Å². The molecule has 0 amide bonds. The van der Waals surface area contributed by atoms with Crippen LogP contribution in [0.25, 0.3) is 0 Å². The topological polar surface area (TPSA) is 37.3 Å². The Morgan fingerprint density at radius 1 is 1.10 bits per heavy atom. The molecule has 0 aromatic heterocycles. The first-order valence-corrected chi connectivity index (χ1v) is 6.75. The average Bonchev–Trinajstić information content (AvgIpc) is 2.45. The van der Waals surface area contributed by atoms with Gasteiger partial charge in [0.15, 0.2) is 11.6 Å². The van der Waals surface area contributed by atoms with Crippen LogP contribution in [0, 0.1) is 17.6 Å². The molecular formula is C16H13ClF2O2. The average molecular weight is 311 g/mol. The second kappa shape index (κ2) is 6.68. The molecule has 2 aromatic carbocycles. The molecule has 0 spiro atoms. The van der Waals surface area contributed by atoms with Crippen molar-refractivity contribution in [3.05, 3.63) is 70.2 Å². The molecule has 1 atom stereocenters. The van der Waals surface area contributed by atoms with Crippen molar-refractivity contribution >= 4 is 17.6 Å². The molecule has 0 saturated heterocycles.